The van der Waals surface area contributed by atoms with E-state index in [0.29, 0.717) is 0 Å². The number of benzene rings is 10. The predicted octanol–water partition coefficient (Wildman–Crippen LogP) is 17.2. The average Bonchev–Trinajstić information content (AvgIpc) is 3.83. The fourth-order valence-electron chi connectivity index (χ4n) is 9.95. The molecule has 1 aliphatic carbocycles. The lowest BCUT2D eigenvalue weighted by atomic mass is 9.81. The number of anilines is 3. The Morgan fingerprint density at radius 1 is 0.317 bits per heavy atom. The maximum Gasteiger partial charge on any atom is 0.135 e. The molecule has 1 aromatic heterocycles. The fourth-order valence-corrected chi connectivity index (χ4v) is 9.95. The summed E-state index contributed by atoms with van der Waals surface area (Å²) in [5.41, 5.74) is 20.0. The van der Waals surface area contributed by atoms with E-state index in [1.54, 1.807) is 0 Å². The van der Waals surface area contributed by atoms with Gasteiger partial charge in [-0.15, -0.1) is 0 Å². The molecule has 10 aromatic carbocycles. The summed E-state index contributed by atoms with van der Waals surface area (Å²) in [7, 11) is 0. The monoisotopic (exact) mass is 805 g/mol. The number of hydrogen-bond acceptors (Lipinski definition) is 2. The largest absolute Gasteiger partial charge is 0.456 e. The minimum atomic E-state index is -0.177. The van der Waals surface area contributed by atoms with Gasteiger partial charge in [0.1, 0.15) is 11.2 Å². The zero-order valence-electron chi connectivity index (χ0n) is 35.2. The number of fused-ring (bicyclic) bond motifs is 7. The molecule has 0 atom stereocenters. The van der Waals surface area contributed by atoms with Gasteiger partial charge >= 0.3 is 0 Å². The minimum absolute atomic E-state index is 0.177. The van der Waals surface area contributed by atoms with Crippen molar-refractivity contribution in [2.45, 2.75) is 19.3 Å². The van der Waals surface area contributed by atoms with Crippen molar-refractivity contribution < 1.29 is 4.42 Å². The van der Waals surface area contributed by atoms with Crippen LogP contribution in [0, 0.1) is 0 Å². The number of furan rings is 1. The van der Waals surface area contributed by atoms with Gasteiger partial charge in [-0.2, -0.15) is 0 Å². The maximum atomic E-state index is 6.10. The molecule has 0 aliphatic heterocycles. The van der Waals surface area contributed by atoms with Gasteiger partial charge in [0.15, 0.2) is 0 Å². The Bertz CT molecular complexity index is 3500. The van der Waals surface area contributed by atoms with Crippen molar-refractivity contribution in [3.63, 3.8) is 0 Å². The van der Waals surface area contributed by atoms with Gasteiger partial charge in [0.2, 0.25) is 0 Å². The van der Waals surface area contributed by atoms with Crippen molar-refractivity contribution in [3.05, 3.63) is 236 Å². The molecule has 0 saturated heterocycles. The first-order valence-corrected chi connectivity index (χ1v) is 21.8. The van der Waals surface area contributed by atoms with Crippen LogP contribution in [0.4, 0.5) is 17.1 Å². The van der Waals surface area contributed by atoms with Crippen molar-refractivity contribution in [2.24, 2.45) is 0 Å². The summed E-state index contributed by atoms with van der Waals surface area (Å²) in [6.45, 7) is 4.74. The second-order valence-electron chi connectivity index (χ2n) is 17.3. The third-order valence-electron chi connectivity index (χ3n) is 13.3. The van der Waals surface area contributed by atoms with Crippen LogP contribution >= 0.6 is 0 Å². The molecule has 298 valence electrons. The normalized spacial score (nSPS) is 12.7. The van der Waals surface area contributed by atoms with E-state index in [2.05, 4.69) is 231 Å². The number of rotatable bonds is 7. The van der Waals surface area contributed by atoms with Gasteiger partial charge < -0.3 is 9.32 Å². The first kappa shape index (κ1) is 36.9. The van der Waals surface area contributed by atoms with Crippen LogP contribution in [-0.2, 0) is 5.41 Å². The number of para-hydroxylation sites is 1. The lowest BCUT2D eigenvalue weighted by Crippen LogP contribution is -2.16. The topological polar surface area (TPSA) is 16.4 Å². The first-order valence-electron chi connectivity index (χ1n) is 21.8. The quantitative estimate of drug-likeness (QED) is 0.160. The highest BCUT2D eigenvalue weighted by Crippen LogP contribution is 2.52. The summed E-state index contributed by atoms with van der Waals surface area (Å²) in [6.07, 6.45) is 0. The summed E-state index contributed by atoms with van der Waals surface area (Å²) in [4.78, 5) is 2.41. The van der Waals surface area contributed by atoms with Gasteiger partial charge in [0.25, 0.3) is 0 Å². The Balaban J connectivity index is 0.907. The molecule has 0 bridgehead atoms. The molecular weight excluding hydrogens is 763 g/mol. The van der Waals surface area contributed by atoms with E-state index in [1.165, 1.54) is 77.5 Å². The van der Waals surface area contributed by atoms with Crippen LogP contribution in [0.3, 0.4) is 0 Å². The SMILES string of the molecule is CC1(C)c2cc(-c3ccccc3)ccc2-c2ccc(N(c3ccc(-c4ccc(-c5ccc6oc7ccccc7c6c5)cc4)cc3)c3ccc(-c4cccc5ccccc45)cc3)cc21. The van der Waals surface area contributed by atoms with Crippen LogP contribution in [-0.4, -0.2) is 0 Å². The van der Waals surface area contributed by atoms with Crippen LogP contribution in [0.1, 0.15) is 25.0 Å². The van der Waals surface area contributed by atoms with Crippen LogP contribution < -0.4 is 4.90 Å². The van der Waals surface area contributed by atoms with Crippen LogP contribution in [0.5, 0.6) is 0 Å². The predicted molar refractivity (Wildman–Crippen MR) is 265 cm³/mol. The third kappa shape index (κ3) is 6.25. The zero-order valence-corrected chi connectivity index (χ0v) is 35.2. The van der Waals surface area contributed by atoms with Crippen molar-refractivity contribution >= 4 is 49.8 Å². The second-order valence-corrected chi connectivity index (χ2v) is 17.3. The highest BCUT2D eigenvalue weighted by atomic mass is 16.3. The molecule has 0 N–H and O–H groups in total. The molecule has 2 heteroatoms. The van der Waals surface area contributed by atoms with Gasteiger partial charge in [-0.25, -0.2) is 0 Å². The van der Waals surface area contributed by atoms with E-state index in [4.69, 9.17) is 4.42 Å². The first-order chi connectivity index (χ1) is 31.0. The van der Waals surface area contributed by atoms with E-state index in [0.717, 1.165) is 39.0 Å². The zero-order chi connectivity index (χ0) is 42.1. The molecule has 0 spiro atoms. The Kier molecular flexibility index (Phi) is 8.55. The molecule has 0 unspecified atom stereocenters. The Morgan fingerprint density at radius 3 is 1.56 bits per heavy atom. The second kappa shape index (κ2) is 14.6. The molecule has 0 saturated carbocycles. The fraction of sp³-hybridized carbons (Fsp3) is 0.0492. The van der Waals surface area contributed by atoms with Crippen molar-refractivity contribution in [2.75, 3.05) is 4.90 Å². The van der Waals surface area contributed by atoms with Crippen molar-refractivity contribution in [1.82, 2.24) is 0 Å². The minimum Gasteiger partial charge on any atom is -0.456 e. The Morgan fingerprint density at radius 2 is 0.810 bits per heavy atom. The van der Waals surface area contributed by atoms with Gasteiger partial charge in [0.05, 0.1) is 0 Å². The summed E-state index contributed by atoms with van der Waals surface area (Å²) < 4.78 is 6.10. The third-order valence-corrected chi connectivity index (χ3v) is 13.3. The lowest BCUT2D eigenvalue weighted by Gasteiger charge is -2.28. The molecule has 2 nitrogen and oxygen atoms in total. The maximum absolute atomic E-state index is 6.10. The van der Waals surface area contributed by atoms with E-state index in [1.807, 2.05) is 12.1 Å². The molecule has 0 radical (unpaired) electrons. The van der Waals surface area contributed by atoms with Gasteiger partial charge in [-0.3, -0.25) is 0 Å². The van der Waals surface area contributed by atoms with Crippen molar-refractivity contribution in [3.8, 4) is 55.6 Å². The summed E-state index contributed by atoms with van der Waals surface area (Å²) in [5, 5.41) is 4.80. The molecule has 0 fully saturated rings. The van der Waals surface area contributed by atoms with Crippen molar-refractivity contribution in [1.29, 1.82) is 0 Å². The van der Waals surface area contributed by atoms with E-state index < -0.39 is 0 Å². The standard InChI is InChI=1S/C61H43NO/c1-61(2)57-38-47(40-11-4-3-5-12-40)27-34-53(57)54-35-33-50(39-58(54)61)62(49-31-25-45(26-32-49)52-17-10-14-44-13-6-7-15-51(44)52)48-29-23-42(24-30-48)41-19-21-43(22-20-41)46-28-36-60-56(37-46)55-16-8-9-18-59(55)63-60/h3-39H,1-2H3. The van der Waals surface area contributed by atoms with Gasteiger partial charge in [-0.05, 0) is 138 Å². The van der Waals surface area contributed by atoms with E-state index in [-0.39, 0.29) is 5.41 Å². The Hall–Kier alpha value is -7.94. The van der Waals surface area contributed by atoms with E-state index >= 15 is 0 Å². The smallest absolute Gasteiger partial charge is 0.135 e. The van der Waals surface area contributed by atoms with Gasteiger partial charge in [-0.1, -0.05) is 178 Å². The van der Waals surface area contributed by atoms with Gasteiger partial charge in [0, 0.05) is 33.2 Å². The molecule has 12 rings (SSSR count). The molecule has 0 amide bonds. The van der Waals surface area contributed by atoms with E-state index in [9.17, 15) is 0 Å². The molecule has 1 aliphatic rings. The van der Waals surface area contributed by atoms with Crippen LogP contribution in [0.15, 0.2) is 229 Å². The highest BCUT2D eigenvalue weighted by Gasteiger charge is 2.36. The summed E-state index contributed by atoms with van der Waals surface area (Å²) in [5.74, 6) is 0. The van der Waals surface area contributed by atoms with Crippen LogP contribution in [0.25, 0.3) is 88.3 Å². The Labute approximate surface area is 368 Å². The average molecular weight is 806 g/mol. The summed E-state index contributed by atoms with van der Waals surface area (Å²) in [6, 6.07) is 81.7. The highest BCUT2D eigenvalue weighted by molar-refractivity contribution is 6.06. The molecular formula is C61H43NO. The summed E-state index contributed by atoms with van der Waals surface area (Å²) >= 11 is 0. The molecule has 11 aromatic rings. The molecule has 1 heterocycles. The lowest BCUT2D eigenvalue weighted by molar-refractivity contribution is 0.660. The van der Waals surface area contributed by atoms with Crippen LogP contribution in [0.2, 0.25) is 0 Å². The molecule has 63 heavy (non-hydrogen) atoms. The number of hydrogen-bond donors (Lipinski definition) is 0. The number of nitrogens with zero attached hydrogens (tertiary/aromatic N) is 1.